The Morgan fingerprint density at radius 3 is 2.37 bits per heavy atom. The molecule has 35 heavy (non-hydrogen) atoms. The third-order valence-electron chi connectivity index (χ3n) is 5.88. The summed E-state index contributed by atoms with van der Waals surface area (Å²) in [5.41, 5.74) is 1.14. The molecule has 1 fully saturated rings. The quantitative estimate of drug-likeness (QED) is 0.287. The van der Waals surface area contributed by atoms with Crippen molar-refractivity contribution in [1.82, 2.24) is 9.55 Å². The number of aliphatic hydroxyl groups is 4. The number of aliphatic hydroxyl groups excluding tert-OH is 4. The zero-order chi connectivity index (χ0) is 25.3. The lowest BCUT2D eigenvalue weighted by atomic mass is 9.99. The van der Waals surface area contributed by atoms with E-state index in [2.05, 4.69) is 4.98 Å². The minimum atomic E-state index is -4.70. The van der Waals surface area contributed by atoms with Crippen LogP contribution in [0.25, 0.3) is 11.0 Å². The summed E-state index contributed by atoms with van der Waals surface area (Å²) in [6, 6.07) is 9.30. The molecule has 1 unspecified atom stereocenters. The number of ether oxygens (including phenoxy) is 1. The standard InChI is InChI=1S/C23H25F3N2O7/c1-2-12-3-5-13(6-4-12)9-28-11-27-15-7-14(23(24,25)26)8-16(18(15)28)34-35-21-20(31)19(30)17(10-29)33-22(21)32/h3-8,11,17,19-22,29-32H,2,9-10H2,1H3/t17-,19-,20+,21-,22?/m1/s1. The number of halogens is 3. The van der Waals surface area contributed by atoms with Gasteiger partial charge in [-0.3, -0.25) is 0 Å². The molecule has 1 aliphatic heterocycles. The maximum absolute atomic E-state index is 13.5. The third kappa shape index (κ3) is 5.27. The lowest BCUT2D eigenvalue weighted by molar-refractivity contribution is -0.364. The lowest BCUT2D eigenvalue weighted by Crippen LogP contribution is -2.59. The molecule has 1 saturated heterocycles. The molecular weight excluding hydrogens is 473 g/mol. The van der Waals surface area contributed by atoms with E-state index in [-0.39, 0.29) is 23.3 Å². The molecule has 0 spiro atoms. The number of rotatable bonds is 7. The normalized spacial score (nSPS) is 25.2. The number of hydrogen-bond donors (Lipinski definition) is 4. The molecule has 4 rings (SSSR count). The maximum atomic E-state index is 13.5. The van der Waals surface area contributed by atoms with Crippen molar-refractivity contribution in [1.29, 1.82) is 0 Å². The van der Waals surface area contributed by atoms with E-state index >= 15 is 0 Å². The minimum absolute atomic E-state index is 0.00928. The molecule has 2 aromatic carbocycles. The van der Waals surface area contributed by atoms with Crippen molar-refractivity contribution >= 4 is 11.0 Å². The van der Waals surface area contributed by atoms with Crippen molar-refractivity contribution in [2.45, 2.75) is 56.8 Å². The Morgan fingerprint density at radius 2 is 1.74 bits per heavy atom. The highest BCUT2D eigenvalue weighted by Crippen LogP contribution is 2.37. The van der Waals surface area contributed by atoms with Crippen LogP contribution in [0.3, 0.4) is 0 Å². The number of nitrogens with zero attached hydrogens (tertiary/aromatic N) is 2. The van der Waals surface area contributed by atoms with Crippen molar-refractivity contribution in [3.8, 4) is 5.75 Å². The highest BCUT2D eigenvalue weighted by atomic mass is 19.4. The summed E-state index contributed by atoms with van der Waals surface area (Å²) in [5, 5.41) is 39.5. The molecule has 9 nitrogen and oxygen atoms in total. The van der Waals surface area contributed by atoms with Gasteiger partial charge in [-0.1, -0.05) is 31.2 Å². The van der Waals surface area contributed by atoms with Crippen molar-refractivity contribution in [2.24, 2.45) is 0 Å². The van der Waals surface area contributed by atoms with Crippen LogP contribution in [-0.2, 0) is 28.8 Å². The van der Waals surface area contributed by atoms with Crippen LogP contribution in [0.1, 0.15) is 23.6 Å². The predicted octanol–water partition coefficient (Wildman–Crippen LogP) is 1.78. The summed E-state index contributed by atoms with van der Waals surface area (Å²) in [4.78, 5) is 14.3. The molecule has 0 aliphatic carbocycles. The van der Waals surface area contributed by atoms with E-state index in [1.807, 2.05) is 31.2 Å². The van der Waals surface area contributed by atoms with Gasteiger partial charge >= 0.3 is 6.18 Å². The van der Waals surface area contributed by atoms with Gasteiger partial charge in [0, 0.05) is 6.54 Å². The topological polar surface area (TPSA) is 126 Å². The second-order valence-corrected chi connectivity index (χ2v) is 8.26. The van der Waals surface area contributed by atoms with E-state index in [0.29, 0.717) is 0 Å². The summed E-state index contributed by atoms with van der Waals surface area (Å²) in [6.07, 6.45) is -10.6. The number of benzene rings is 2. The van der Waals surface area contributed by atoms with Gasteiger partial charge in [-0.15, -0.1) is 0 Å². The Balaban J connectivity index is 1.66. The van der Waals surface area contributed by atoms with Gasteiger partial charge in [0.1, 0.15) is 23.8 Å². The molecule has 0 bridgehead atoms. The average molecular weight is 498 g/mol. The first-order valence-corrected chi connectivity index (χ1v) is 10.9. The van der Waals surface area contributed by atoms with E-state index in [9.17, 15) is 33.6 Å². The van der Waals surface area contributed by atoms with Gasteiger partial charge in [0.2, 0.25) is 0 Å². The summed E-state index contributed by atoms with van der Waals surface area (Å²) in [5.74, 6) is -0.365. The van der Waals surface area contributed by atoms with Crippen LogP contribution in [0.4, 0.5) is 13.2 Å². The molecule has 0 saturated carbocycles. The Kier molecular flexibility index (Phi) is 7.31. The SMILES string of the molecule is CCc1ccc(Cn2cnc3cc(C(F)(F)F)cc(OO[C@H]4C(O)O[C@H](CO)[C@@H](O)[C@@H]4O)c32)cc1. The summed E-state index contributed by atoms with van der Waals surface area (Å²) in [6.45, 7) is 1.61. The van der Waals surface area contributed by atoms with E-state index in [0.717, 1.165) is 29.7 Å². The Hall–Kier alpha value is -2.74. The third-order valence-corrected chi connectivity index (χ3v) is 5.88. The highest BCUT2D eigenvalue weighted by molar-refractivity contribution is 5.83. The molecule has 3 aromatic rings. The number of fused-ring (bicyclic) bond motifs is 1. The number of imidazole rings is 1. The van der Waals surface area contributed by atoms with Gasteiger partial charge in [-0.25, -0.2) is 4.98 Å². The molecule has 1 aromatic heterocycles. The van der Waals surface area contributed by atoms with Crippen LogP contribution in [-0.4, -0.2) is 67.3 Å². The zero-order valence-electron chi connectivity index (χ0n) is 18.6. The first kappa shape index (κ1) is 25.4. The van der Waals surface area contributed by atoms with Crippen molar-refractivity contribution in [3.63, 3.8) is 0 Å². The highest BCUT2D eigenvalue weighted by Gasteiger charge is 2.46. The van der Waals surface area contributed by atoms with E-state index in [4.69, 9.17) is 14.5 Å². The fourth-order valence-corrected chi connectivity index (χ4v) is 3.88. The number of alkyl halides is 3. The number of aromatic nitrogens is 2. The second-order valence-electron chi connectivity index (χ2n) is 8.26. The zero-order valence-corrected chi connectivity index (χ0v) is 18.6. The Morgan fingerprint density at radius 1 is 1.06 bits per heavy atom. The molecular formula is C23H25F3N2O7. The number of aryl methyl sites for hydroxylation is 1. The molecule has 190 valence electrons. The lowest BCUT2D eigenvalue weighted by Gasteiger charge is -2.38. The van der Waals surface area contributed by atoms with Gasteiger partial charge in [-0.05, 0) is 29.7 Å². The fraction of sp³-hybridized carbons (Fsp3) is 0.435. The van der Waals surface area contributed by atoms with E-state index in [1.54, 1.807) is 4.57 Å². The molecule has 4 N–H and O–H groups in total. The monoisotopic (exact) mass is 498 g/mol. The van der Waals surface area contributed by atoms with E-state index in [1.165, 1.54) is 6.33 Å². The molecule has 2 heterocycles. The maximum Gasteiger partial charge on any atom is 0.416 e. The van der Waals surface area contributed by atoms with Gasteiger partial charge < -0.3 is 34.6 Å². The van der Waals surface area contributed by atoms with Crippen LogP contribution >= 0.6 is 0 Å². The van der Waals surface area contributed by atoms with Crippen LogP contribution in [0.15, 0.2) is 42.7 Å². The molecule has 1 aliphatic rings. The fourth-order valence-electron chi connectivity index (χ4n) is 3.88. The van der Waals surface area contributed by atoms with Crippen LogP contribution in [0, 0.1) is 0 Å². The van der Waals surface area contributed by atoms with Crippen LogP contribution in [0.2, 0.25) is 0 Å². The van der Waals surface area contributed by atoms with Gasteiger partial charge in [0.15, 0.2) is 18.1 Å². The van der Waals surface area contributed by atoms with Crippen molar-refractivity contribution in [2.75, 3.05) is 6.61 Å². The molecule has 0 radical (unpaired) electrons. The van der Waals surface area contributed by atoms with Crippen molar-refractivity contribution in [3.05, 3.63) is 59.4 Å². The number of hydrogen-bond acceptors (Lipinski definition) is 8. The first-order chi connectivity index (χ1) is 16.6. The predicted molar refractivity (Wildman–Crippen MR) is 115 cm³/mol. The van der Waals surface area contributed by atoms with Crippen molar-refractivity contribution < 1.29 is 48.1 Å². The van der Waals surface area contributed by atoms with Gasteiger partial charge in [0.25, 0.3) is 0 Å². The van der Waals surface area contributed by atoms with Crippen LogP contribution in [0.5, 0.6) is 5.75 Å². The molecule has 12 heteroatoms. The Labute approximate surface area is 197 Å². The summed E-state index contributed by atoms with van der Waals surface area (Å²) >= 11 is 0. The average Bonchev–Trinajstić information content (AvgIpc) is 3.24. The van der Waals surface area contributed by atoms with Crippen LogP contribution < -0.4 is 4.89 Å². The van der Waals surface area contributed by atoms with Gasteiger partial charge in [0.05, 0.1) is 24.0 Å². The first-order valence-electron chi connectivity index (χ1n) is 10.9. The Bertz CT molecular complexity index is 1150. The second kappa shape index (κ2) is 10.1. The van der Waals surface area contributed by atoms with E-state index < -0.39 is 49.1 Å². The summed E-state index contributed by atoms with van der Waals surface area (Å²) in [7, 11) is 0. The minimum Gasteiger partial charge on any atom is -0.394 e. The molecule has 5 atom stereocenters. The molecule has 0 amide bonds. The van der Waals surface area contributed by atoms with Gasteiger partial charge in [-0.2, -0.15) is 18.1 Å². The largest absolute Gasteiger partial charge is 0.416 e. The smallest absolute Gasteiger partial charge is 0.394 e. The summed E-state index contributed by atoms with van der Waals surface area (Å²) < 4.78 is 47.0.